The number of aryl methyl sites for hydroxylation is 3. The van der Waals surface area contributed by atoms with Crippen LogP contribution in [-0.4, -0.2) is 4.57 Å². The summed E-state index contributed by atoms with van der Waals surface area (Å²) in [5.41, 5.74) is 5.24. The van der Waals surface area contributed by atoms with Crippen LogP contribution < -0.4 is 4.57 Å². The van der Waals surface area contributed by atoms with Crippen LogP contribution in [0.5, 0.6) is 0 Å². The molecule has 3 rings (SSSR count). The zero-order valence-corrected chi connectivity index (χ0v) is 14.1. The van der Waals surface area contributed by atoms with E-state index >= 15 is 0 Å². The van der Waals surface area contributed by atoms with Crippen molar-refractivity contribution in [2.45, 2.75) is 31.5 Å². The molecule has 0 amide bonds. The Morgan fingerprint density at radius 1 is 1.00 bits per heavy atom. The van der Waals surface area contributed by atoms with Gasteiger partial charge in [0.25, 0.3) is 0 Å². The molecule has 1 heterocycles. The van der Waals surface area contributed by atoms with E-state index < -0.39 is 0 Å². The predicted molar refractivity (Wildman–Crippen MR) is 92.5 cm³/mol. The zero-order chi connectivity index (χ0) is 15.5. The minimum Gasteiger partial charge on any atom is -0.227 e. The molecule has 2 nitrogen and oxygen atoms in total. The fourth-order valence-electron chi connectivity index (χ4n) is 2.85. The van der Waals surface area contributed by atoms with Crippen molar-refractivity contribution in [3.63, 3.8) is 0 Å². The number of rotatable bonds is 4. The van der Waals surface area contributed by atoms with Gasteiger partial charge in [0.2, 0.25) is 6.33 Å². The minimum atomic E-state index is 0.918. The van der Waals surface area contributed by atoms with Crippen molar-refractivity contribution in [3.8, 4) is 5.69 Å². The molecule has 3 heteroatoms. The Morgan fingerprint density at radius 2 is 1.68 bits per heavy atom. The molecule has 0 saturated carbocycles. The number of aromatic nitrogens is 2. The van der Waals surface area contributed by atoms with Gasteiger partial charge in [0.05, 0.1) is 0 Å². The molecule has 1 aromatic heterocycles. The highest BCUT2D eigenvalue weighted by molar-refractivity contribution is 7.98. The van der Waals surface area contributed by atoms with Gasteiger partial charge in [-0.3, -0.25) is 0 Å². The first-order valence-corrected chi connectivity index (χ1v) is 8.45. The molecular formula is C19H21N2S+. The standard InChI is InChI=1S/C19H21N2S/c1-15-11-16(2)19(17(3)12-15)21-10-9-20(13-21)14-22-18-7-5-4-6-8-18/h4-13H,14H2,1-3H3/q+1. The average Bonchev–Trinajstić information content (AvgIpc) is 2.94. The monoisotopic (exact) mass is 309 g/mol. The molecule has 22 heavy (non-hydrogen) atoms. The van der Waals surface area contributed by atoms with Gasteiger partial charge in [-0.15, -0.1) is 0 Å². The van der Waals surface area contributed by atoms with Crippen LogP contribution in [0.3, 0.4) is 0 Å². The molecule has 0 N–H and O–H groups in total. The van der Waals surface area contributed by atoms with Gasteiger partial charge in [-0.25, -0.2) is 9.13 Å². The SMILES string of the molecule is Cc1cc(C)c(-n2cc[n+](CSc3ccccc3)c2)c(C)c1. The number of thioether (sulfide) groups is 1. The molecule has 0 atom stereocenters. The van der Waals surface area contributed by atoms with Crippen LogP contribution in [0.2, 0.25) is 0 Å². The highest BCUT2D eigenvalue weighted by atomic mass is 32.2. The summed E-state index contributed by atoms with van der Waals surface area (Å²) < 4.78 is 4.44. The van der Waals surface area contributed by atoms with Crippen LogP contribution in [0.4, 0.5) is 0 Å². The van der Waals surface area contributed by atoms with E-state index in [4.69, 9.17) is 0 Å². The summed E-state index contributed by atoms with van der Waals surface area (Å²) in [6, 6.07) is 15.0. The minimum absolute atomic E-state index is 0.918. The third-order valence-corrected chi connectivity index (χ3v) is 4.74. The van der Waals surface area contributed by atoms with Crippen LogP contribution in [0.1, 0.15) is 16.7 Å². The number of hydrogen-bond acceptors (Lipinski definition) is 1. The van der Waals surface area contributed by atoms with Crippen molar-refractivity contribution < 1.29 is 4.57 Å². The Kier molecular flexibility index (Phi) is 4.34. The van der Waals surface area contributed by atoms with Gasteiger partial charge in [-0.05, 0) is 44.0 Å². The van der Waals surface area contributed by atoms with Crippen molar-refractivity contribution in [2.75, 3.05) is 0 Å². The predicted octanol–water partition coefficient (Wildman–Crippen LogP) is 4.44. The first kappa shape index (κ1) is 14.9. The molecule has 0 bridgehead atoms. The van der Waals surface area contributed by atoms with Gasteiger partial charge in [-0.1, -0.05) is 47.7 Å². The first-order chi connectivity index (χ1) is 10.6. The largest absolute Gasteiger partial charge is 0.249 e. The Labute approximate surface area is 136 Å². The fourth-order valence-corrected chi connectivity index (χ4v) is 3.65. The molecule has 0 aliphatic heterocycles. The maximum absolute atomic E-state index is 2.24. The van der Waals surface area contributed by atoms with E-state index in [0.717, 1.165) is 5.88 Å². The summed E-state index contributed by atoms with van der Waals surface area (Å²) in [7, 11) is 0. The van der Waals surface area contributed by atoms with Crippen LogP contribution in [0, 0.1) is 20.8 Å². The van der Waals surface area contributed by atoms with E-state index in [-0.39, 0.29) is 0 Å². The molecule has 0 unspecified atom stereocenters. The van der Waals surface area contributed by atoms with E-state index in [9.17, 15) is 0 Å². The summed E-state index contributed by atoms with van der Waals surface area (Å²) in [5.74, 6) is 0.918. The molecule has 3 aromatic rings. The Balaban J connectivity index is 1.80. The van der Waals surface area contributed by atoms with Gasteiger partial charge in [0.15, 0.2) is 0 Å². The lowest BCUT2D eigenvalue weighted by Crippen LogP contribution is -2.28. The molecule has 0 saturated heterocycles. The number of imidazole rings is 1. The lowest BCUT2D eigenvalue weighted by atomic mass is 10.1. The zero-order valence-electron chi connectivity index (χ0n) is 13.3. The number of nitrogens with zero attached hydrogens (tertiary/aromatic N) is 2. The van der Waals surface area contributed by atoms with Crippen molar-refractivity contribution >= 4 is 11.8 Å². The van der Waals surface area contributed by atoms with Gasteiger partial charge in [-0.2, -0.15) is 0 Å². The number of hydrogen-bond donors (Lipinski definition) is 0. The Hall–Kier alpha value is -2.00. The summed E-state index contributed by atoms with van der Waals surface area (Å²) in [6.07, 6.45) is 6.44. The third kappa shape index (κ3) is 3.25. The third-order valence-electron chi connectivity index (χ3n) is 3.71. The second-order valence-corrected chi connectivity index (χ2v) is 6.69. The molecule has 0 aliphatic carbocycles. The maximum Gasteiger partial charge on any atom is 0.249 e. The van der Waals surface area contributed by atoms with Crippen LogP contribution in [0.15, 0.2) is 66.1 Å². The highest BCUT2D eigenvalue weighted by Gasteiger charge is 2.12. The van der Waals surface area contributed by atoms with Crippen LogP contribution in [0.25, 0.3) is 5.69 Å². The molecule has 112 valence electrons. The smallest absolute Gasteiger partial charge is 0.227 e. The molecule has 0 spiro atoms. The van der Waals surface area contributed by atoms with Crippen molar-refractivity contribution in [2.24, 2.45) is 0 Å². The Bertz CT molecular complexity index is 752. The van der Waals surface area contributed by atoms with Crippen LogP contribution in [-0.2, 0) is 5.88 Å². The summed E-state index contributed by atoms with van der Waals surface area (Å²) >= 11 is 1.84. The van der Waals surface area contributed by atoms with Crippen molar-refractivity contribution in [1.82, 2.24) is 4.57 Å². The van der Waals surface area contributed by atoms with Gasteiger partial charge >= 0.3 is 0 Å². The van der Waals surface area contributed by atoms with E-state index in [2.05, 4.69) is 91.1 Å². The molecule has 2 aromatic carbocycles. The fraction of sp³-hybridized carbons (Fsp3) is 0.211. The van der Waals surface area contributed by atoms with E-state index in [0.29, 0.717) is 0 Å². The number of benzene rings is 2. The van der Waals surface area contributed by atoms with Gasteiger partial charge in [0.1, 0.15) is 24.0 Å². The highest BCUT2D eigenvalue weighted by Crippen LogP contribution is 2.21. The van der Waals surface area contributed by atoms with Crippen molar-refractivity contribution in [3.05, 3.63) is 77.9 Å². The lowest BCUT2D eigenvalue weighted by molar-refractivity contribution is -0.675. The quantitative estimate of drug-likeness (QED) is 0.511. The Morgan fingerprint density at radius 3 is 2.36 bits per heavy atom. The van der Waals surface area contributed by atoms with E-state index in [1.807, 2.05) is 11.8 Å². The summed E-state index contributed by atoms with van der Waals surface area (Å²) in [6.45, 7) is 6.51. The average molecular weight is 309 g/mol. The summed E-state index contributed by atoms with van der Waals surface area (Å²) in [5, 5.41) is 0. The summed E-state index contributed by atoms with van der Waals surface area (Å²) in [4.78, 5) is 1.30. The molecule has 0 fully saturated rings. The van der Waals surface area contributed by atoms with Crippen LogP contribution >= 0.6 is 11.8 Å². The van der Waals surface area contributed by atoms with Crippen molar-refractivity contribution in [1.29, 1.82) is 0 Å². The molecule has 0 radical (unpaired) electrons. The second kappa shape index (κ2) is 6.41. The first-order valence-electron chi connectivity index (χ1n) is 7.46. The van der Waals surface area contributed by atoms with E-state index in [1.165, 1.54) is 27.3 Å². The molecular weight excluding hydrogens is 288 g/mol. The van der Waals surface area contributed by atoms with Gasteiger partial charge in [0, 0.05) is 4.90 Å². The van der Waals surface area contributed by atoms with E-state index in [1.54, 1.807) is 0 Å². The topological polar surface area (TPSA) is 8.81 Å². The lowest BCUT2D eigenvalue weighted by Gasteiger charge is -2.07. The second-order valence-electron chi connectivity index (χ2n) is 5.67. The molecule has 0 aliphatic rings. The maximum atomic E-state index is 2.24. The van der Waals surface area contributed by atoms with Gasteiger partial charge < -0.3 is 0 Å². The normalized spacial score (nSPS) is 10.9.